The van der Waals surface area contributed by atoms with E-state index in [0.717, 1.165) is 25.7 Å². The Labute approximate surface area is 220 Å². The Balaban J connectivity index is 5.16. The summed E-state index contributed by atoms with van der Waals surface area (Å²) in [6.07, 6.45) is 4.14. The number of nitrogens with zero attached hydrogens (tertiary/aromatic N) is 1. The van der Waals surface area contributed by atoms with Crippen molar-refractivity contribution in [2.45, 2.75) is 118 Å². The lowest BCUT2D eigenvalue weighted by Gasteiger charge is -2.43. The number of ether oxygens (including phenoxy) is 4. The highest BCUT2D eigenvalue weighted by Gasteiger charge is 2.39. The number of hydrogen-bond donors (Lipinski definition) is 1. The van der Waals surface area contributed by atoms with Gasteiger partial charge in [0, 0.05) is 25.7 Å². The van der Waals surface area contributed by atoms with Crippen molar-refractivity contribution in [3.8, 4) is 0 Å². The van der Waals surface area contributed by atoms with Crippen LogP contribution < -0.4 is 5.32 Å². The second-order valence-corrected chi connectivity index (χ2v) is 12.5. The van der Waals surface area contributed by atoms with E-state index in [4.69, 9.17) is 18.9 Å². The Morgan fingerprint density at radius 3 is 2.06 bits per heavy atom. The van der Waals surface area contributed by atoms with E-state index in [1.165, 1.54) is 0 Å². The summed E-state index contributed by atoms with van der Waals surface area (Å²) in [7, 11) is 1.79. The Hall–Kier alpha value is -1.80. The van der Waals surface area contributed by atoms with Crippen LogP contribution in [-0.2, 0) is 18.9 Å². The molecule has 0 aromatic rings. The number of hydrogen-bond acceptors (Lipinski definition) is 6. The molecule has 0 aliphatic carbocycles. The molecule has 0 bridgehead atoms. The normalized spacial score (nSPS) is 15.0. The van der Waals surface area contributed by atoms with Gasteiger partial charge in [0.15, 0.2) is 0 Å². The van der Waals surface area contributed by atoms with Crippen LogP contribution in [0, 0.1) is 5.41 Å². The van der Waals surface area contributed by atoms with Gasteiger partial charge in [-0.15, -0.1) is 6.58 Å². The van der Waals surface area contributed by atoms with E-state index in [1.54, 1.807) is 11.9 Å². The van der Waals surface area contributed by atoms with Crippen molar-refractivity contribution in [3.05, 3.63) is 12.7 Å². The lowest BCUT2D eigenvalue weighted by atomic mass is 9.72. The lowest BCUT2D eigenvalue weighted by molar-refractivity contribution is -0.0469. The van der Waals surface area contributed by atoms with Crippen molar-refractivity contribution in [1.29, 1.82) is 0 Å². The zero-order valence-electron chi connectivity index (χ0n) is 24.9. The average Bonchev–Trinajstić information content (AvgIpc) is 2.67. The van der Waals surface area contributed by atoms with Crippen molar-refractivity contribution in [2.75, 3.05) is 33.4 Å². The number of allylic oxidation sites excluding steroid dienone is 1. The smallest absolute Gasteiger partial charge is 0.410 e. The predicted octanol–water partition coefficient (Wildman–Crippen LogP) is 6.33. The minimum Gasteiger partial charge on any atom is -0.444 e. The van der Waals surface area contributed by atoms with E-state index >= 15 is 0 Å². The van der Waals surface area contributed by atoms with Gasteiger partial charge in [-0.3, -0.25) is 0 Å². The van der Waals surface area contributed by atoms with Gasteiger partial charge in [-0.2, -0.15) is 0 Å². The second-order valence-electron chi connectivity index (χ2n) is 12.5. The summed E-state index contributed by atoms with van der Waals surface area (Å²) in [5.74, 6) is 0. The molecule has 1 N–H and O–H groups in total. The van der Waals surface area contributed by atoms with Gasteiger partial charge < -0.3 is 29.2 Å². The lowest BCUT2D eigenvalue weighted by Crippen LogP contribution is -2.50. The first kappa shape index (κ1) is 34.2. The quantitative estimate of drug-likeness (QED) is 0.203. The number of nitrogens with one attached hydrogen (secondary N) is 1. The Kier molecular flexibility index (Phi) is 14.1. The molecule has 2 amide bonds. The molecule has 0 radical (unpaired) electrons. The fraction of sp³-hybridized carbons (Fsp3) is 0.857. The van der Waals surface area contributed by atoms with Crippen LogP contribution >= 0.6 is 0 Å². The molecule has 8 nitrogen and oxygen atoms in total. The molecule has 0 heterocycles. The van der Waals surface area contributed by atoms with E-state index in [0.29, 0.717) is 26.4 Å². The summed E-state index contributed by atoms with van der Waals surface area (Å²) >= 11 is 0. The highest BCUT2D eigenvalue weighted by molar-refractivity contribution is 5.68. The summed E-state index contributed by atoms with van der Waals surface area (Å²) in [5.41, 5.74) is -1.72. The minimum atomic E-state index is -0.555. The molecule has 0 rings (SSSR count). The molecule has 0 saturated carbocycles. The SMILES string of the molecule is C=CCC(C)(CC(COCCNC(=O)OC(C)(C)C)OCCC)CC(C)(C)N(C)C(=O)OC(C)(C)C. The van der Waals surface area contributed by atoms with Crippen LogP contribution in [0.5, 0.6) is 0 Å². The molecule has 0 aliphatic heterocycles. The molecule has 8 heteroatoms. The van der Waals surface area contributed by atoms with Crippen molar-refractivity contribution in [3.63, 3.8) is 0 Å². The van der Waals surface area contributed by atoms with Crippen molar-refractivity contribution < 1.29 is 28.5 Å². The Bertz CT molecular complexity index is 681. The largest absolute Gasteiger partial charge is 0.444 e. The minimum absolute atomic E-state index is 0.126. The first-order chi connectivity index (χ1) is 16.3. The Morgan fingerprint density at radius 1 is 0.972 bits per heavy atom. The van der Waals surface area contributed by atoms with E-state index in [9.17, 15) is 9.59 Å². The molecule has 2 unspecified atom stereocenters. The maximum Gasteiger partial charge on any atom is 0.410 e. The van der Waals surface area contributed by atoms with Crippen molar-refractivity contribution >= 4 is 12.2 Å². The summed E-state index contributed by atoms with van der Waals surface area (Å²) < 4.78 is 22.8. The zero-order chi connectivity index (χ0) is 28.2. The molecule has 0 aromatic carbocycles. The summed E-state index contributed by atoms with van der Waals surface area (Å²) in [4.78, 5) is 26.2. The van der Waals surface area contributed by atoms with Crippen LogP contribution in [0.15, 0.2) is 12.7 Å². The maximum absolute atomic E-state index is 12.7. The number of rotatable bonds is 15. The third-order valence-corrected chi connectivity index (χ3v) is 5.57. The number of alkyl carbamates (subject to hydrolysis) is 1. The third kappa shape index (κ3) is 15.3. The standard InChI is InChI=1S/C28H54N2O6/c1-13-15-28(11,21-27(9,10)30(12)24(32)36-26(6,7)8)19-22(34-17-14-2)20-33-18-16-29-23(31)35-25(3,4)5/h13,22H,1,14-21H2,2-12H3,(H,29,31). The molecule has 212 valence electrons. The van der Waals surface area contributed by atoms with E-state index < -0.39 is 22.8 Å². The topological polar surface area (TPSA) is 86.3 Å². The van der Waals surface area contributed by atoms with Gasteiger partial charge in [-0.1, -0.05) is 19.9 Å². The first-order valence-corrected chi connectivity index (χ1v) is 13.1. The molecule has 0 fully saturated rings. The summed E-state index contributed by atoms with van der Waals surface area (Å²) in [6.45, 7) is 25.2. The van der Waals surface area contributed by atoms with Gasteiger partial charge in [-0.25, -0.2) is 9.59 Å². The highest BCUT2D eigenvalue weighted by Crippen LogP contribution is 2.39. The predicted molar refractivity (Wildman–Crippen MR) is 145 cm³/mol. The monoisotopic (exact) mass is 514 g/mol. The molecule has 0 spiro atoms. The van der Waals surface area contributed by atoms with Crippen LogP contribution in [0.3, 0.4) is 0 Å². The first-order valence-electron chi connectivity index (χ1n) is 13.1. The third-order valence-electron chi connectivity index (χ3n) is 5.57. The van der Waals surface area contributed by atoms with Crippen LogP contribution in [0.2, 0.25) is 0 Å². The number of carbonyl (C=O) groups is 2. The van der Waals surface area contributed by atoms with Gasteiger partial charge in [0.2, 0.25) is 0 Å². The van der Waals surface area contributed by atoms with Crippen LogP contribution in [0.1, 0.15) is 94.9 Å². The maximum atomic E-state index is 12.7. The van der Waals surface area contributed by atoms with Gasteiger partial charge in [0.05, 0.1) is 19.3 Å². The molecule has 2 atom stereocenters. The number of amides is 2. The summed E-state index contributed by atoms with van der Waals surface area (Å²) in [6, 6.07) is 0. The molecule has 0 saturated heterocycles. The van der Waals surface area contributed by atoms with Gasteiger partial charge in [0.1, 0.15) is 11.2 Å². The zero-order valence-corrected chi connectivity index (χ0v) is 24.9. The van der Waals surface area contributed by atoms with E-state index in [2.05, 4.69) is 39.6 Å². The average molecular weight is 515 g/mol. The van der Waals surface area contributed by atoms with Crippen LogP contribution in [-0.4, -0.2) is 73.3 Å². The van der Waals surface area contributed by atoms with Crippen LogP contribution in [0.4, 0.5) is 9.59 Å². The fourth-order valence-corrected chi connectivity index (χ4v) is 4.07. The fourth-order valence-electron chi connectivity index (χ4n) is 4.07. The molecular weight excluding hydrogens is 460 g/mol. The molecule has 36 heavy (non-hydrogen) atoms. The second kappa shape index (κ2) is 14.8. The highest BCUT2D eigenvalue weighted by atomic mass is 16.6. The van der Waals surface area contributed by atoms with Gasteiger partial charge >= 0.3 is 12.2 Å². The van der Waals surface area contributed by atoms with Gasteiger partial charge in [0.25, 0.3) is 0 Å². The van der Waals surface area contributed by atoms with Crippen molar-refractivity contribution in [1.82, 2.24) is 10.2 Å². The summed E-state index contributed by atoms with van der Waals surface area (Å²) in [5, 5.41) is 2.71. The molecule has 0 aliphatic rings. The van der Waals surface area contributed by atoms with E-state index in [1.807, 2.05) is 47.6 Å². The Morgan fingerprint density at radius 2 is 1.56 bits per heavy atom. The number of carbonyl (C=O) groups excluding carboxylic acids is 2. The van der Waals surface area contributed by atoms with Gasteiger partial charge in [-0.05, 0) is 86.5 Å². The van der Waals surface area contributed by atoms with Crippen LogP contribution in [0.25, 0.3) is 0 Å². The molecular formula is C28H54N2O6. The van der Waals surface area contributed by atoms with Crippen molar-refractivity contribution in [2.24, 2.45) is 5.41 Å². The molecule has 0 aromatic heterocycles. The van der Waals surface area contributed by atoms with E-state index in [-0.39, 0.29) is 17.6 Å².